The molecule has 0 saturated heterocycles. The van der Waals surface area contributed by atoms with Crippen molar-refractivity contribution in [3.05, 3.63) is 167 Å². The summed E-state index contributed by atoms with van der Waals surface area (Å²) in [5.41, 5.74) is 12.8. The van der Waals surface area contributed by atoms with Gasteiger partial charge in [-0.2, -0.15) is 0 Å². The predicted octanol–water partition coefficient (Wildman–Crippen LogP) is 12.4. The van der Waals surface area contributed by atoms with Crippen molar-refractivity contribution >= 4 is 81.8 Å². The summed E-state index contributed by atoms with van der Waals surface area (Å²) in [6.07, 6.45) is 0. The van der Waals surface area contributed by atoms with Crippen molar-refractivity contribution in [3.63, 3.8) is 0 Å². The first-order chi connectivity index (χ1) is 22.0. The molecule has 8 aromatic rings. The number of hydrogen-bond donors (Lipinski definition) is 1. The molecule has 0 spiro atoms. The van der Waals surface area contributed by atoms with Gasteiger partial charge in [0, 0.05) is 37.4 Å². The summed E-state index contributed by atoms with van der Waals surface area (Å²) in [5, 5.41) is 9.89. The fourth-order valence-electron chi connectivity index (χ4n) is 6.31. The van der Waals surface area contributed by atoms with Gasteiger partial charge in [0.15, 0.2) is 0 Å². The molecule has 0 bridgehead atoms. The fraction of sp³-hybridized carbons (Fsp3) is 0.0476. The predicted molar refractivity (Wildman–Crippen MR) is 199 cm³/mol. The van der Waals surface area contributed by atoms with Crippen LogP contribution in [0.25, 0.3) is 43.1 Å². The molecule has 0 aliphatic rings. The van der Waals surface area contributed by atoms with Crippen LogP contribution in [-0.2, 0) is 0 Å². The summed E-state index contributed by atoms with van der Waals surface area (Å²) < 4.78 is 1.07. The third-order valence-electron chi connectivity index (χ3n) is 8.59. The molecule has 3 heteroatoms. The van der Waals surface area contributed by atoms with E-state index in [0.717, 1.165) is 21.2 Å². The second kappa shape index (κ2) is 12.1. The van der Waals surface area contributed by atoms with Gasteiger partial charge in [-0.1, -0.05) is 125 Å². The number of benzene rings is 8. The molecule has 0 aromatic heterocycles. The van der Waals surface area contributed by atoms with Crippen LogP contribution in [0.3, 0.4) is 0 Å². The van der Waals surface area contributed by atoms with E-state index in [1.54, 1.807) is 0 Å². The zero-order valence-electron chi connectivity index (χ0n) is 25.3. The highest BCUT2D eigenvalue weighted by Crippen LogP contribution is 2.46. The Bertz CT molecular complexity index is 2230. The maximum Gasteiger partial charge on any atom is 0.0618 e. The van der Waals surface area contributed by atoms with Crippen molar-refractivity contribution in [2.75, 3.05) is 10.6 Å². The quantitative estimate of drug-likeness (QED) is 0.153. The number of nitrogen functional groups attached to an aromatic ring is 1. The zero-order chi connectivity index (χ0) is 30.9. The maximum atomic E-state index is 5.83. The molecule has 0 fully saturated rings. The van der Waals surface area contributed by atoms with Crippen LogP contribution in [0.15, 0.2) is 156 Å². The first kappa shape index (κ1) is 28.6. The molecule has 0 heterocycles. The molecule has 45 heavy (non-hydrogen) atoms. The highest BCUT2D eigenvalue weighted by molar-refractivity contribution is 9.10. The molecule has 0 saturated carbocycles. The second-order valence-electron chi connectivity index (χ2n) is 11.4. The van der Waals surface area contributed by atoms with E-state index in [-0.39, 0.29) is 0 Å². The lowest BCUT2D eigenvalue weighted by Gasteiger charge is -2.30. The van der Waals surface area contributed by atoms with Gasteiger partial charge in [0.25, 0.3) is 0 Å². The minimum absolute atomic E-state index is 0.858. The summed E-state index contributed by atoms with van der Waals surface area (Å²) >= 11 is 3.62. The van der Waals surface area contributed by atoms with E-state index in [9.17, 15) is 0 Å². The van der Waals surface area contributed by atoms with Crippen LogP contribution in [0.1, 0.15) is 11.1 Å². The average molecular weight is 646 g/mol. The summed E-state index contributed by atoms with van der Waals surface area (Å²) in [4.78, 5) is 2.43. The number of aryl methyl sites for hydroxylation is 2. The smallest absolute Gasteiger partial charge is 0.0618 e. The van der Waals surface area contributed by atoms with Crippen LogP contribution in [0.4, 0.5) is 22.7 Å². The molecule has 218 valence electrons. The molecule has 8 aromatic carbocycles. The highest BCUT2D eigenvalue weighted by atomic mass is 79.9. The van der Waals surface area contributed by atoms with Crippen molar-refractivity contribution in [1.82, 2.24) is 0 Å². The first-order valence-electron chi connectivity index (χ1n) is 15.2. The number of rotatable bonds is 3. The average Bonchev–Trinajstić information content (AvgIpc) is 3.08. The minimum Gasteiger partial charge on any atom is -0.398 e. The zero-order valence-corrected chi connectivity index (χ0v) is 26.9. The number of fused-ring (bicyclic) bond motifs is 4. The van der Waals surface area contributed by atoms with Gasteiger partial charge in [0.1, 0.15) is 0 Å². The van der Waals surface area contributed by atoms with Crippen molar-refractivity contribution in [3.8, 4) is 0 Å². The minimum atomic E-state index is 0.858. The number of nitrogens with two attached hydrogens (primary N) is 1. The molecule has 0 aliphatic heterocycles. The van der Waals surface area contributed by atoms with Gasteiger partial charge < -0.3 is 10.6 Å². The number of halogens is 1. The topological polar surface area (TPSA) is 29.3 Å². The van der Waals surface area contributed by atoms with E-state index < -0.39 is 0 Å². The Morgan fingerprint density at radius 3 is 1.51 bits per heavy atom. The molecule has 0 amide bonds. The third-order valence-corrected chi connectivity index (χ3v) is 9.12. The second-order valence-corrected chi connectivity index (χ2v) is 12.4. The van der Waals surface area contributed by atoms with E-state index in [1.807, 2.05) is 18.2 Å². The van der Waals surface area contributed by atoms with Crippen molar-refractivity contribution in [1.29, 1.82) is 0 Å². The molecule has 2 nitrogen and oxygen atoms in total. The van der Waals surface area contributed by atoms with Gasteiger partial charge in [-0.05, 0) is 89.0 Å². The molecular formula is C42H33BrN2. The normalized spacial score (nSPS) is 11.1. The monoisotopic (exact) mass is 644 g/mol. The number of anilines is 4. The maximum absolute atomic E-state index is 5.83. The van der Waals surface area contributed by atoms with Crippen LogP contribution in [0.5, 0.6) is 0 Å². The van der Waals surface area contributed by atoms with Gasteiger partial charge in [-0.15, -0.1) is 0 Å². The van der Waals surface area contributed by atoms with Gasteiger partial charge in [0.05, 0.1) is 11.4 Å². The van der Waals surface area contributed by atoms with Gasteiger partial charge >= 0.3 is 0 Å². The summed E-state index contributed by atoms with van der Waals surface area (Å²) in [5.74, 6) is 0. The van der Waals surface area contributed by atoms with E-state index >= 15 is 0 Å². The standard InChI is InChI=1S/C31H22BrN.C11H11N/c1-21-14-19-30(29-13-7-6-10-26(21)29)33(25-17-15-24(32)16-18-25)31-27-11-4-2-8-22(27)20-23-9-3-5-12-28(23)31;1-8-6-7-11(12)10-5-3-2-4-9(8)10/h2-20H,1H3;2-7H,12H2,1H3. The van der Waals surface area contributed by atoms with E-state index in [2.05, 4.69) is 168 Å². The van der Waals surface area contributed by atoms with Crippen LogP contribution in [0.2, 0.25) is 0 Å². The third kappa shape index (κ3) is 5.41. The number of hydrogen-bond acceptors (Lipinski definition) is 2. The van der Waals surface area contributed by atoms with Crippen molar-refractivity contribution in [2.45, 2.75) is 13.8 Å². The summed E-state index contributed by atoms with van der Waals surface area (Å²) in [6, 6.07) is 53.7. The van der Waals surface area contributed by atoms with Crippen molar-refractivity contribution < 1.29 is 0 Å². The van der Waals surface area contributed by atoms with Crippen molar-refractivity contribution in [2.24, 2.45) is 0 Å². The van der Waals surface area contributed by atoms with Gasteiger partial charge in [0.2, 0.25) is 0 Å². The Balaban J connectivity index is 0.000000227. The lowest BCUT2D eigenvalue weighted by Crippen LogP contribution is -2.12. The Morgan fingerprint density at radius 2 is 0.933 bits per heavy atom. The Kier molecular flexibility index (Phi) is 7.71. The van der Waals surface area contributed by atoms with Gasteiger partial charge in [-0.25, -0.2) is 0 Å². The molecule has 2 N–H and O–H groups in total. The van der Waals surface area contributed by atoms with E-state index in [4.69, 9.17) is 5.73 Å². The van der Waals surface area contributed by atoms with Crippen LogP contribution >= 0.6 is 15.9 Å². The van der Waals surface area contributed by atoms with Crippen LogP contribution in [-0.4, -0.2) is 0 Å². The van der Waals surface area contributed by atoms with Crippen LogP contribution in [0, 0.1) is 13.8 Å². The molecule has 0 atom stereocenters. The molecule has 8 rings (SSSR count). The Hall–Kier alpha value is -5.12. The molecule has 0 unspecified atom stereocenters. The van der Waals surface area contributed by atoms with Crippen LogP contribution < -0.4 is 10.6 Å². The molecule has 0 radical (unpaired) electrons. The SMILES string of the molecule is Cc1ccc(N(c2ccc(Br)cc2)c2c3ccccc3cc3ccccc23)c2ccccc12.Cc1ccc(N)c2ccccc12. The lowest BCUT2D eigenvalue weighted by molar-refractivity contribution is 1.32. The Morgan fingerprint density at radius 1 is 0.467 bits per heavy atom. The molecular weight excluding hydrogens is 612 g/mol. The largest absolute Gasteiger partial charge is 0.398 e. The van der Waals surface area contributed by atoms with E-state index in [0.29, 0.717) is 0 Å². The fourth-order valence-corrected chi connectivity index (χ4v) is 6.58. The number of nitrogens with zero attached hydrogens (tertiary/aromatic N) is 1. The van der Waals surface area contributed by atoms with E-state index in [1.165, 1.54) is 60.2 Å². The summed E-state index contributed by atoms with van der Waals surface area (Å²) in [7, 11) is 0. The lowest BCUT2D eigenvalue weighted by atomic mass is 9.97. The molecule has 0 aliphatic carbocycles. The Labute approximate surface area is 272 Å². The van der Waals surface area contributed by atoms with Gasteiger partial charge in [-0.3, -0.25) is 0 Å². The summed E-state index contributed by atoms with van der Waals surface area (Å²) in [6.45, 7) is 4.28. The first-order valence-corrected chi connectivity index (χ1v) is 16.0. The highest BCUT2D eigenvalue weighted by Gasteiger charge is 2.20.